The maximum absolute atomic E-state index is 4.69. The highest BCUT2D eigenvalue weighted by molar-refractivity contribution is 5.83. The Bertz CT molecular complexity index is 558. The van der Waals surface area contributed by atoms with Gasteiger partial charge in [0.1, 0.15) is 5.82 Å². The fourth-order valence-electron chi connectivity index (χ4n) is 2.25. The molecule has 0 radical (unpaired) electrons. The molecule has 0 unspecified atom stereocenters. The van der Waals surface area contributed by atoms with Crippen molar-refractivity contribution in [3.63, 3.8) is 0 Å². The predicted molar refractivity (Wildman–Crippen MR) is 84.0 cm³/mol. The fraction of sp³-hybridized carbons (Fsp3) is 0.471. The van der Waals surface area contributed by atoms with Crippen LogP contribution in [0.25, 0.3) is 10.9 Å². The molecule has 0 atom stereocenters. The molecule has 0 saturated carbocycles. The molecule has 102 valence electrons. The highest BCUT2D eigenvalue weighted by Gasteiger charge is 2.12. The van der Waals surface area contributed by atoms with Gasteiger partial charge in [-0.3, -0.25) is 0 Å². The molecule has 2 nitrogen and oxygen atoms in total. The van der Waals surface area contributed by atoms with Crippen molar-refractivity contribution in [3.8, 4) is 0 Å². The van der Waals surface area contributed by atoms with E-state index in [-0.39, 0.29) is 0 Å². The van der Waals surface area contributed by atoms with E-state index in [1.807, 2.05) is 0 Å². The lowest BCUT2D eigenvalue weighted by atomic mass is 10.0. The summed E-state index contributed by atoms with van der Waals surface area (Å²) in [7, 11) is 0. The molecule has 0 aliphatic carbocycles. The van der Waals surface area contributed by atoms with Gasteiger partial charge in [-0.05, 0) is 35.6 Å². The van der Waals surface area contributed by atoms with Crippen molar-refractivity contribution in [1.82, 2.24) is 4.98 Å². The van der Waals surface area contributed by atoms with E-state index in [0.29, 0.717) is 5.92 Å². The van der Waals surface area contributed by atoms with Crippen molar-refractivity contribution in [3.05, 3.63) is 35.4 Å². The lowest BCUT2D eigenvalue weighted by molar-refractivity contribution is 0.868. The van der Waals surface area contributed by atoms with E-state index in [1.165, 1.54) is 22.9 Å². The number of hydrogen-bond donors (Lipinski definition) is 1. The minimum atomic E-state index is 0.562. The van der Waals surface area contributed by atoms with E-state index in [1.54, 1.807) is 0 Å². The van der Waals surface area contributed by atoms with Crippen LogP contribution in [0.3, 0.4) is 0 Å². The summed E-state index contributed by atoms with van der Waals surface area (Å²) in [6.45, 7) is 9.70. The zero-order valence-corrected chi connectivity index (χ0v) is 12.5. The van der Waals surface area contributed by atoms with Crippen LogP contribution in [-0.4, -0.2) is 11.5 Å². The molecule has 1 aromatic heterocycles. The van der Waals surface area contributed by atoms with Crippen molar-refractivity contribution < 1.29 is 0 Å². The van der Waals surface area contributed by atoms with E-state index in [9.17, 15) is 0 Å². The standard InChI is InChI=1S/C14H16N2.C3H8/c1-9(2)10-3-4-11-7-12-5-6-15-14(12)16-13(11)8-10;1-3-2/h3-4,7-9H,5-6H2,1-2H3,(H,15,16);3H2,1-2H3. The van der Waals surface area contributed by atoms with Gasteiger partial charge in [0.05, 0.1) is 5.52 Å². The van der Waals surface area contributed by atoms with Gasteiger partial charge in [-0.15, -0.1) is 0 Å². The number of anilines is 1. The van der Waals surface area contributed by atoms with Crippen LogP contribution in [0.15, 0.2) is 24.3 Å². The lowest BCUT2D eigenvalue weighted by Gasteiger charge is -2.08. The molecule has 0 bridgehead atoms. The Labute approximate surface area is 116 Å². The smallest absolute Gasteiger partial charge is 0.129 e. The molecule has 3 rings (SSSR count). The number of pyridine rings is 1. The second-order valence-corrected chi connectivity index (χ2v) is 5.49. The molecule has 0 spiro atoms. The van der Waals surface area contributed by atoms with Crippen LogP contribution in [0.5, 0.6) is 0 Å². The zero-order valence-electron chi connectivity index (χ0n) is 12.5. The third-order valence-electron chi connectivity index (χ3n) is 3.27. The molecular weight excluding hydrogens is 232 g/mol. The molecule has 0 amide bonds. The summed E-state index contributed by atoms with van der Waals surface area (Å²) < 4.78 is 0. The number of benzene rings is 1. The molecule has 2 aromatic rings. The molecular formula is C17H24N2. The van der Waals surface area contributed by atoms with Crippen LogP contribution in [0.1, 0.15) is 51.2 Å². The summed E-state index contributed by atoms with van der Waals surface area (Å²) >= 11 is 0. The van der Waals surface area contributed by atoms with Crippen LogP contribution in [0.4, 0.5) is 5.82 Å². The molecule has 1 aromatic carbocycles. The number of nitrogens with one attached hydrogen (secondary N) is 1. The van der Waals surface area contributed by atoms with Crippen LogP contribution in [0, 0.1) is 0 Å². The third kappa shape index (κ3) is 3.06. The Kier molecular flexibility index (Phi) is 4.41. The Morgan fingerprint density at radius 3 is 2.63 bits per heavy atom. The molecule has 2 heterocycles. The van der Waals surface area contributed by atoms with Crippen molar-refractivity contribution in [2.24, 2.45) is 0 Å². The summed E-state index contributed by atoms with van der Waals surface area (Å²) in [5.74, 6) is 1.64. The quantitative estimate of drug-likeness (QED) is 0.797. The number of fused-ring (bicyclic) bond motifs is 2. The maximum atomic E-state index is 4.69. The predicted octanol–water partition coefficient (Wildman–Crippen LogP) is 4.74. The monoisotopic (exact) mass is 256 g/mol. The Balaban J connectivity index is 0.000000408. The van der Waals surface area contributed by atoms with Gasteiger partial charge in [-0.1, -0.05) is 46.2 Å². The Hall–Kier alpha value is -1.57. The normalized spacial score (nSPS) is 12.9. The van der Waals surface area contributed by atoms with Crippen LogP contribution >= 0.6 is 0 Å². The highest BCUT2D eigenvalue weighted by Crippen LogP contribution is 2.26. The molecule has 1 aliphatic rings. The van der Waals surface area contributed by atoms with E-state index in [0.717, 1.165) is 24.3 Å². The number of rotatable bonds is 1. The first-order chi connectivity index (χ1) is 9.15. The first-order valence-electron chi connectivity index (χ1n) is 7.33. The molecule has 0 saturated heterocycles. The van der Waals surface area contributed by atoms with E-state index >= 15 is 0 Å². The first kappa shape index (κ1) is 13.9. The van der Waals surface area contributed by atoms with Gasteiger partial charge >= 0.3 is 0 Å². The summed E-state index contributed by atoms with van der Waals surface area (Å²) in [6, 6.07) is 8.88. The van der Waals surface area contributed by atoms with Gasteiger partial charge in [-0.25, -0.2) is 4.98 Å². The van der Waals surface area contributed by atoms with Gasteiger partial charge < -0.3 is 5.32 Å². The fourth-order valence-corrected chi connectivity index (χ4v) is 2.25. The summed E-state index contributed by atoms with van der Waals surface area (Å²) in [6.07, 6.45) is 2.35. The summed E-state index contributed by atoms with van der Waals surface area (Å²) in [5, 5.41) is 4.59. The summed E-state index contributed by atoms with van der Waals surface area (Å²) in [4.78, 5) is 4.69. The number of aromatic nitrogens is 1. The van der Waals surface area contributed by atoms with Gasteiger partial charge in [0.25, 0.3) is 0 Å². The lowest BCUT2D eigenvalue weighted by Crippen LogP contribution is -1.94. The average molecular weight is 256 g/mol. The summed E-state index contributed by atoms with van der Waals surface area (Å²) in [5.41, 5.74) is 3.82. The molecule has 1 aliphatic heterocycles. The molecule has 19 heavy (non-hydrogen) atoms. The van der Waals surface area contributed by atoms with Crippen molar-refractivity contribution in [2.45, 2.75) is 46.5 Å². The van der Waals surface area contributed by atoms with Crippen molar-refractivity contribution >= 4 is 16.7 Å². The van der Waals surface area contributed by atoms with Crippen LogP contribution in [0.2, 0.25) is 0 Å². The van der Waals surface area contributed by atoms with E-state index in [4.69, 9.17) is 0 Å². The van der Waals surface area contributed by atoms with E-state index in [2.05, 4.69) is 62.3 Å². The van der Waals surface area contributed by atoms with Gasteiger partial charge in [0.15, 0.2) is 0 Å². The Morgan fingerprint density at radius 1 is 1.21 bits per heavy atom. The van der Waals surface area contributed by atoms with Crippen molar-refractivity contribution in [2.75, 3.05) is 11.9 Å². The number of nitrogens with zero attached hydrogens (tertiary/aromatic N) is 1. The topological polar surface area (TPSA) is 24.9 Å². The third-order valence-corrected chi connectivity index (χ3v) is 3.27. The van der Waals surface area contributed by atoms with Crippen molar-refractivity contribution in [1.29, 1.82) is 0 Å². The zero-order chi connectivity index (χ0) is 13.8. The SMILES string of the molecule is CC(C)c1ccc2cc3c(nc2c1)NCC3.CCC. The van der Waals surface area contributed by atoms with E-state index < -0.39 is 0 Å². The minimum Gasteiger partial charge on any atom is -0.369 e. The van der Waals surface area contributed by atoms with Gasteiger partial charge in [0, 0.05) is 11.9 Å². The first-order valence-corrected chi connectivity index (χ1v) is 7.33. The van der Waals surface area contributed by atoms with Gasteiger partial charge in [-0.2, -0.15) is 0 Å². The molecule has 0 fully saturated rings. The number of hydrogen-bond acceptors (Lipinski definition) is 2. The average Bonchev–Trinajstić information content (AvgIpc) is 2.83. The molecule has 1 N–H and O–H groups in total. The highest BCUT2D eigenvalue weighted by atomic mass is 15.0. The second kappa shape index (κ2) is 6.05. The largest absolute Gasteiger partial charge is 0.369 e. The van der Waals surface area contributed by atoms with Crippen LogP contribution in [-0.2, 0) is 6.42 Å². The maximum Gasteiger partial charge on any atom is 0.129 e. The van der Waals surface area contributed by atoms with Gasteiger partial charge in [0.2, 0.25) is 0 Å². The second-order valence-electron chi connectivity index (χ2n) is 5.49. The van der Waals surface area contributed by atoms with Crippen LogP contribution < -0.4 is 5.32 Å². The Morgan fingerprint density at radius 2 is 1.95 bits per heavy atom. The minimum absolute atomic E-state index is 0.562. The molecule has 2 heteroatoms.